The Morgan fingerprint density at radius 2 is 2.17 bits per heavy atom. The van der Waals surface area contributed by atoms with Gasteiger partial charge in [-0.3, -0.25) is 0 Å². The average molecular weight is 171 g/mol. The van der Waals surface area contributed by atoms with Crippen molar-refractivity contribution in [3.63, 3.8) is 0 Å². The van der Waals surface area contributed by atoms with Crippen LogP contribution in [0.5, 0.6) is 0 Å². The van der Waals surface area contributed by atoms with E-state index < -0.39 is 5.60 Å². The lowest BCUT2D eigenvalue weighted by Crippen LogP contribution is -2.24. The first kappa shape index (κ1) is 11.3. The van der Waals surface area contributed by atoms with Gasteiger partial charge in [0, 0.05) is 11.5 Å². The van der Waals surface area contributed by atoms with Gasteiger partial charge in [0.1, 0.15) is 0 Å². The molecule has 0 aliphatic heterocycles. The molecule has 0 heterocycles. The van der Waals surface area contributed by atoms with E-state index in [1.54, 1.807) is 6.92 Å². The van der Waals surface area contributed by atoms with E-state index in [1.807, 2.05) is 0 Å². The molecule has 4 heteroatoms. The smallest absolute Gasteiger partial charge is 0.0621 e. The van der Waals surface area contributed by atoms with Gasteiger partial charge < -0.3 is 5.11 Å². The zero-order valence-electron chi connectivity index (χ0n) is 7.82. The number of nitrogens with zero attached hydrogens (tertiary/aromatic N) is 3. The quantitative estimate of drug-likeness (QED) is 0.372. The highest BCUT2D eigenvalue weighted by atomic mass is 16.3. The number of azide groups is 1. The van der Waals surface area contributed by atoms with Crippen molar-refractivity contribution >= 4 is 0 Å². The molecule has 0 aromatic heterocycles. The average Bonchev–Trinajstić information content (AvgIpc) is 2.01. The van der Waals surface area contributed by atoms with Crippen LogP contribution in [-0.4, -0.2) is 17.3 Å². The Bertz CT molecular complexity index is 162. The first-order valence-corrected chi connectivity index (χ1v) is 4.35. The molecule has 70 valence electrons. The van der Waals surface area contributed by atoms with Crippen molar-refractivity contribution in [1.82, 2.24) is 0 Å². The van der Waals surface area contributed by atoms with Crippen molar-refractivity contribution in [2.24, 2.45) is 5.11 Å². The second kappa shape index (κ2) is 5.86. The highest BCUT2D eigenvalue weighted by Crippen LogP contribution is 2.17. The second-order valence-electron chi connectivity index (χ2n) is 3.30. The van der Waals surface area contributed by atoms with Crippen molar-refractivity contribution in [2.75, 3.05) is 6.54 Å². The summed E-state index contributed by atoms with van der Waals surface area (Å²) in [6.07, 6.45) is 3.43. The first-order chi connectivity index (χ1) is 5.62. The number of rotatable bonds is 6. The van der Waals surface area contributed by atoms with Crippen LogP contribution >= 0.6 is 0 Å². The molecule has 4 nitrogen and oxygen atoms in total. The second-order valence-corrected chi connectivity index (χ2v) is 3.30. The minimum Gasteiger partial charge on any atom is -0.390 e. The van der Waals surface area contributed by atoms with Gasteiger partial charge in [-0.25, -0.2) is 0 Å². The minimum absolute atomic E-state index is 0.382. The third kappa shape index (κ3) is 6.01. The van der Waals surface area contributed by atoms with E-state index in [2.05, 4.69) is 16.9 Å². The predicted octanol–water partition coefficient (Wildman–Crippen LogP) is 2.63. The lowest BCUT2D eigenvalue weighted by atomic mass is 9.96. The Hall–Kier alpha value is -0.730. The van der Waals surface area contributed by atoms with E-state index in [0.29, 0.717) is 13.0 Å². The van der Waals surface area contributed by atoms with Gasteiger partial charge in [-0.1, -0.05) is 24.9 Å². The Morgan fingerprint density at radius 3 is 2.67 bits per heavy atom. The molecule has 0 aliphatic rings. The summed E-state index contributed by atoms with van der Waals surface area (Å²) in [5, 5.41) is 13.1. The van der Waals surface area contributed by atoms with Gasteiger partial charge in [-0.2, -0.15) is 0 Å². The van der Waals surface area contributed by atoms with Gasteiger partial charge in [0.15, 0.2) is 0 Å². The molecule has 1 N–H and O–H groups in total. The third-order valence-electron chi connectivity index (χ3n) is 1.88. The maximum atomic E-state index is 9.69. The normalized spacial score (nSPS) is 14.9. The predicted molar refractivity (Wildman–Crippen MR) is 48.8 cm³/mol. The van der Waals surface area contributed by atoms with Gasteiger partial charge in [0.2, 0.25) is 0 Å². The topological polar surface area (TPSA) is 69.0 Å². The van der Waals surface area contributed by atoms with E-state index in [4.69, 9.17) is 5.53 Å². The van der Waals surface area contributed by atoms with Crippen LogP contribution in [0.25, 0.3) is 10.4 Å². The van der Waals surface area contributed by atoms with E-state index in [0.717, 1.165) is 19.3 Å². The zero-order valence-corrected chi connectivity index (χ0v) is 7.82. The fraction of sp³-hybridized carbons (Fsp3) is 1.00. The zero-order chi connectivity index (χ0) is 9.45. The van der Waals surface area contributed by atoms with Gasteiger partial charge in [-0.15, -0.1) is 0 Å². The van der Waals surface area contributed by atoms with Crippen molar-refractivity contribution in [2.45, 2.75) is 45.1 Å². The molecule has 0 aromatic carbocycles. The summed E-state index contributed by atoms with van der Waals surface area (Å²) in [5.41, 5.74) is 7.35. The first-order valence-electron chi connectivity index (χ1n) is 4.35. The highest BCUT2D eigenvalue weighted by molar-refractivity contribution is 4.73. The Morgan fingerprint density at radius 1 is 1.50 bits per heavy atom. The Labute approximate surface area is 73.2 Å². The summed E-state index contributed by atoms with van der Waals surface area (Å²) < 4.78 is 0. The molecular formula is C8H17N3O. The molecule has 0 fully saturated rings. The molecule has 0 aromatic rings. The lowest BCUT2D eigenvalue weighted by Gasteiger charge is -2.21. The van der Waals surface area contributed by atoms with Gasteiger partial charge in [0.05, 0.1) is 5.60 Å². The maximum Gasteiger partial charge on any atom is 0.0621 e. The molecule has 0 saturated carbocycles. The van der Waals surface area contributed by atoms with Gasteiger partial charge in [0.25, 0.3) is 0 Å². The Balaban J connectivity index is 3.62. The van der Waals surface area contributed by atoms with Crippen LogP contribution in [0.3, 0.4) is 0 Å². The van der Waals surface area contributed by atoms with Crippen LogP contribution in [0.1, 0.15) is 39.5 Å². The monoisotopic (exact) mass is 171 g/mol. The van der Waals surface area contributed by atoms with Crippen LogP contribution in [0.2, 0.25) is 0 Å². The molecule has 0 rings (SSSR count). The van der Waals surface area contributed by atoms with Crippen LogP contribution in [0.4, 0.5) is 0 Å². The third-order valence-corrected chi connectivity index (χ3v) is 1.88. The van der Waals surface area contributed by atoms with Crippen LogP contribution < -0.4 is 0 Å². The van der Waals surface area contributed by atoms with E-state index >= 15 is 0 Å². The van der Waals surface area contributed by atoms with Crippen molar-refractivity contribution < 1.29 is 5.11 Å². The van der Waals surface area contributed by atoms with Crippen molar-refractivity contribution in [3.05, 3.63) is 10.4 Å². The number of hydrogen-bond donors (Lipinski definition) is 1. The largest absolute Gasteiger partial charge is 0.390 e. The standard InChI is InChI=1S/C8H17N3O/c1-3-4-5-8(2,12)6-7-10-11-9/h12H,3-7H2,1-2H3. The molecule has 1 atom stereocenters. The fourth-order valence-electron chi connectivity index (χ4n) is 1.02. The Kier molecular flexibility index (Phi) is 5.51. The summed E-state index contributed by atoms with van der Waals surface area (Å²) in [5.74, 6) is 0. The molecule has 1 unspecified atom stereocenters. The summed E-state index contributed by atoms with van der Waals surface area (Å²) in [7, 11) is 0. The molecule has 0 amide bonds. The molecule has 0 saturated heterocycles. The van der Waals surface area contributed by atoms with Crippen molar-refractivity contribution in [1.29, 1.82) is 0 Å². The van der Waals surface area contributed by atoms with E-state index in [-0.39, 0.29) is 0 Å². The highest BCUT2D eigenvalue weighted by Gasteiger charge is 2.17. The van der Waals surface area contributed by atoms with Crippen LogP contribution in [-0.2, 0) is 0 Å². The van der Waals surface area contributed by atoms with Crippen molar-refractivity contribution in [3.8, 4) is 0 Å². The SMILES string of the molecule is CCCCC(C)(O)CCN=[N+]=[N-]. The molecule has 0 aliphatic carbocycles. The summed E-state index contributed by atoms with van der Waals surface area (Å²) in [6.45, 7) is 4.26. The van der Waals surface area contributed by atoms with Crippen LogP contribution in [0, 0.1) is 0 Å². The van der Waals surface area contributed by atoms with Crippen LogP contribution in [0.15, 0.2) is 5.11 Å². The minimum atomic E-state index is -0.662. The summed E-state index contributed by atoms with van der Waals surface area (Å²) >= 11 is 0. The molecular weight excluding hydrogens is 154 g/mol. The fourth-order valence-corrected chi connectivity index (χ4v) is 1.02. The lowest BCUT2D eigenvalue weighted by molar-refractivity contribution is 0.0423. The summed E-state index contributed by atoms with van der Waals surface area (Å²) in [4.78, 5) is 2.63. The number of aliphatic hydroxyl groups is 1. The number of hydrogen-bond acceptors (Lipinski definition) is 2. The molecule has 12 heavy (non-hydrogen) atoms. The molecule has 0 radical (unpaired) electrons. The van der Waals surface area contributed by atoms with E-state index in [1.165, 1.54) is 0 Å². The maximum absolute atomic E-state index is 9.69. The molecule has 0 bridgehead atoms. The van der Waals surface area contributed by atoms with E-state index in [9.17, 15) is 5.11 Å². The summed E-state index contributed by atoms with van der Waals surface area (Å²) in [6, 6.07) is 0. The van der Waals surface area contributed by atoms with Gasteiger partial charge in [-0.05, 0) is 25.3 Å². The van der Waals surface area contributed by atoms with Gasteiger partial charge >= 0.3 is 0 Å². The molecule has 0 spiro atoms. The number of unbranched alkanes of at least 4 members (excludes halogenated alkanes) is 1.